The van der Waals surface area contributed by atoms with E-state index in [-0.39, 0.29) is 0 Å². The van der Waals surface area contributed by atoms with Crippen molar-refractivity contribution < 1.29 is 5.11 Å². The van der Waals surface area contributed by atoms with Crippen LogP contribution in [0.2, 0.25) is 5.02 Å². The highest BCUT2D eigenvalue weighted by molar-refractivity contribution is 7.98. The Morgan fingerprint density at radius 3 is 2.88 bits per heavy atom. The van der Waals surface area contributed by atoms with Gasteiger partial charge in [0.05, 0.1) is 16.9 Å². The summed E-state index contributed by atoms with van der Waals surface area (Å²) in [5.41, 5.74) is 0.377. The largest absolute Gasteiger partial charge is 0.387 e. The van der Waals surface area contributed by atoms with Crippen LogP contribution in [-0.2, 0) is 0 Å². The minimum atomic E-state index is -0.800. The molecule has 0 aromatic heterocycles. The Hall–Kier alpha value is -0.890. The summed E-state index contributed by atoms with van der Waals surface area (Å²) in [5.74, 6) is 0.634. The molecule has 5 heteroatoms. The van der Waals surface area contributed by atoms with Gasteiger partial charge in [-0.2, -0.15) is 17.0 Å². The second-order valence-electron chi connectivity index (χ2n) is 4.09. The van der Waals surface area contributed by atoms with Crippen LogP contribution in [0.1, 0.15) is 12.5 Å². The molecular weight excluding hydrogens is 256 g/mol. The topological polar surface area (TPSA) is 56.0 Å². The lowest BCUT2D eigenvalue weighted by molar-refractivity contribution is 0.0997. The Morgan fingerprint density at radius 2 is 2.29 bits per heavy atom. The van der Waals surface area contributed by atoms with E-state index in [9.17, 15) is 5.11 Å². The molecule has 0 radical (unpaired) electrons. The maximum Gasteiger partial charge on any atom is 0.101 e. The number of hydrogen-bond donors (Lipinski definition) is 2. The summed E-state index contributed by atoms with van der Waals surface area (Å²) in [6, 6.07) is 7.14. The third-order valence-electron chi connectivity index (χ3n) is 2.22. The van der Waals surface area contributed by atoms with Gasteiger partial charge in [-0.05, 0) is 31.4 Å². The van der Waals surface area contributed by atoms with Gasteiger partial charge in [0.25, 0.3) is 0 Å². The number of halogens is 1. The average molecular weight is 271 g/mol. The molecule has 3 nitrogen and oxygen atoms in total. The van der Waals surface area contributed by atoms with Crippen LogP contribution >= 0.6 is 23.4 Å². The molecule has 0 aliphatic rings. The third kappa shape index (κ3) is 4.47. The maximum atomic E-state index is 10.0. The normalized spacial score (nSPS) is 13.8. The number of benzene rings is 1. The van der Waals surface area contributed by atoms with E-state index in [1.807, 2.05) is 6.26 Å². The second-order valence-corrected chi connectivity index (χ2v) is 5.39. The Labute approximate surface area is 111 Å². The van der Waals surface area contributed by atoms with E-state index in [4.69, 9.17) is 16.9 Å². The van der Waals surface area contributed by atoms with Crippen molar-refractivity contribution >= 4 is 29.1 Å². The smallest absolute Gasteiger partial charge is 0.101 e. The molecular formula is C12H15ClN2OS. The van der Waals surface area contributed by atoms with Gasteiger partial charge in [0.15, 0.2) is 0 Å². The zero-order valence-electron chi connectivity index (χ0n) is 9.83. The van der Waals surface area contributed by atoms with Gasteiger partial charge in [-0.1, -0.05) is 11.6 Å². The first-order valence-corrected chi connectivity index (χ1v) is 6.90. The molecule has 1 rings (SSSR count). The molecule has 17 heavy (non-hydrogen) atoms. The summed E-state index contributed by atoms with van der Waals surface area (Å²) in [5, 5.41) is 22.6. The van der Waals surface area contributed by atoms with Crippen LogP contribution in [0, 0.1) is 11.3 Å². The highest BCUT2D eigenvalue weighted by Crippen LogP contribution is 2.21. The van der Waals surface area contributed by atoms with Crippen LogP contribution in [0.3, 0.4) is 0 Å². The molecule has 0 spiro atoms. The lowest BCUT2D eigenvalue weighted by Crippen LogP contribution is -2.36. The summed E-state index contributed by atoms with van der Waals surface area (Å²) in [6.07, 6.45) is 1.94. The van der Waals surface area contributed by atoms with Gasteiger partial charge in [0.2, 0.25) is 0 Å². The van der Waals surface area contributed by atoms with Gasteiger partial charge < -0.3 is 10.4 Å². The summed E-state index contributed by atoms with van der Waals surface area (Å²) in [6.45, 7) is 2.16. The number of nitriles is 1. The van der Waals surface area contributed by atoms with Crippen molar-refractivity contribution in [2.75, 3.05) is 23.9 Å². The van der Waals surface area contributed by atoms with Crippen LogP contribution in [-0.4, -0.2) is 29.3 Å². The van der Waals surface area contributed by atoms with Crippen LogP contribution < -0.4 is 5.32 Å². The molecule has 92 valence electrons. The van der Waals surface area contributed by atoms with Crippen molar-refractivity contribution in [2.24, 2.45) is 0 Å². The first-order chi connectivity index (χ1) is 7.98. The highest BCUT2D eigenvalue weighted by Gasteiger charge is 2.19. The van der Waals surface area contributed by atoms with E-state index in [1.165, 1.54) is 0 Å². The van der Waals surface area contributed by atoms with Gasteiger partial charge in [-0.3, -0.25) is 0 Å². The van der Waals surface area contributed by atoms with E-state index in [2.05, 4.69) is 11.4 Å². The fourth-order valence-electron chi connectivity index (χ4n) is 1.41. The molecule has 0 fully saturated rings. The monoisotopic (exact) mass is 270 g/mol. The molecule has 0 aliphatic carbocycles. The van der Waals surface area contributed by atoms with Crippen LogP contribution in [0.25, 0.3) is 0 Å². The summed E-state index contributed by atoms with van der Waals surface area (Å²) >= 11 is 7.38. The maximum absolute atomic E-state index is 10.0. The van der Waals surface area contributed by atoms with Gasteiger partial charge in [-0.15, -0.1) is 0 Å². The predicted octanol–water partition coefficient (Wildman–Crippen LogP) is 2.74. The van der Waals surface area contributed by atoms with Crippen molar-refractivity contribution in [3.63, 3.8) is 0 Å². The van der Waals surface area contributed by atoms with Crippen molar-refractivity contribution in [3.05, 3.63) is 28.8 Å². The number of thioether (sulfide) groups is 1. The minimum absolute atomic E-state index is 0.393. The fourth-order valence-corrected chi connectivity index (χ4v) is 2.31. The molecule has 1 aromatic rings. The Bertz CT molecular complexity index is 429. The Balaban J connectivity index is 2.73. The molecule has 0 aliphatic heterocycles. The SMILES string of the molecule is CSC[C@](C)(O)CNc1ccc(Cl)cc1C#N. The highest BCUT2D eigenvalue weighted by atomic mass is 35.5. The lowest BCUT2D eigenvalue weighted by atomic mass is 10.1. The molecule has 0 saturated heterocycles. The zero-order valence-corrected chi connectivity index (χ0v) is 11.4. The van der Waals surface area contributed by atoms with Gasteiger partial charge in [0, 0.05) is 17.3 Å². The van der Waals surface area contributed by atoms with Crippen LogP contribution in [0.5, 0.6) is 0 Å². The number of nitrogens with zero attached hydrogens (tertiary/aromatic N) is 1. The van der Waals surface area contributed by atoms with Gasteiger partial charge in [-0.25, -0.2) is 0 Å². The number of aliphatic hydroxyl groups is 1. The Kier molecular flexibility index (Phi) is 5.13. The standard InChI is InChI=1S/C12H15ClN2OS/c1-12(16,8-17-2)7-15-11-4-3-10(13)5-9(11)6-14/h3-5,15-16H,7-8H2,1-2H3/t12-/m1/s1. The van der Waals surface area contributed by atoms with E-state index in [0.29, 0.717) is 28.6 Å². The average Bonchev–Trinajstić information content (AvgIpc) is 2.27. The fraction of sp³-hybridized carbons (Fsp3) is 0.417. The molecule has 0 bridgehead atoms. The zero-order chi connectivity index (χ0) is 12.9. The molecule has 0 amide bonds. The molecule has 0 heterocycles. The van der Waals surface area contributed by atoms with E-state index < -0.39 is 5.60 Å². The van der Waals surface area contributed by atoms with Crippen molar-refractivity contribution in [3.8, 4) is 6.07 Å². The molecule has 2 N–H and O–H groups in total. The lowest BCUT2D eigenvalue weighted by Gasteiger charge is -2.23. The predicted molar refractivity (Wildman–Crippen MR) is 73.7 cm³/mol. The minimum Gasteiger partial charge on any atom is -0.387 e. The van der Waals surface area contributed by atoms with Gasteiger partial charge >= 0.3 is 0 Å². The number of anilines is 1. The molecule has 0 unspecified atom stereocenters. The number of hydrogen-bond acceptors (Lipinski definition) is 4. The quantitative estimate of drug-likeness (QED) is 0.864. The van der Waals surface area contributed by atoms with Crippen molar-refractivity contribution in [1.82, 2.24) is 0 Å². The van der Waals surface area contributed by atoms with E-state index in [0.717, 1.165) is 0 Å². The number of rotatable bonds is 5. The van der Waals surface area contributed by atoms with Crippen LogP contribution in [0.4, 0.5) is 5.69 Å². The van der Waals surface area contributed by atoms with Crippen LogP contribution in [0.15, 0.2) is 18.2 Å². The summed E-state index contributed by atoms with van der Waals surface area (Å²) in [4.78, 5) is 0. The second kappa shape index (κ2) is 6.15. The van der Waals surface area contributed by atoms with Gasteiger partial charge in [0.1, 0.15) is 6.07 Å². The van der Waals surface area contributed by atoms with Crippen molar-refractivity contribution in [2.45, 2.75) is 12.5 Å². The summed E-state index contributed by atoms with van der Waals surface area (Å²) in [7, 11) is 0. The molecule has 1 atom stereocenters. The third-order valence-corrected chi connectivity index (χ3v) is 3.36. The summed E-state index contributed by atoms with van der Waals surface area (Å²) < 4.78 is 0. The first kappa shape index (κ1) is 14.2. The van der Waals surface area contributed by atoms with E-state index in [1.54, 1.807) is 36.9 Å². The first-order valence-electron chi connectivity index (χ1n) is 5.13. The molecule has 1 aromatic carbocycles. The molecule has 0 saturated carbocycles. The number of nitrogens with one attached hydrogen (secondary N) is 1. The van der Waals surface area contributed by atoms with E-state index >= 15 is 0 Å². The van der Waals surface area contributed by atoms with Crippen molar-refractivity contribution in [1.29, 1.82) is 5.26 Å². The Morgan fingerprint density at radius 1 is 1.59 bits per heavy atom.